The topological polar surface area (TPSA) is 87.7 Å². The maximum atomic E-state index is 13.8. The van der Waals surface area contributed by atoms with Gasteiger partial charge in [0, 0.05) is 0 Å². The van der Waals surface area contributed by atoms with Crippen LogP contribution in [0.4, 0.5) is 14.9 Å². The number of benzene rings is 3. The highest BCUT2D eigenvalue weighted by Crippen LogP contribution is 2.35. The van der Waals surface area contributed by atoms with E-state index in [1.54, 1.807) is 18.2 Å². The van der Waals surface area contributed by atoms with Crippen LogP contribution in [0.25, 0.3) is 6.08 Å². The van der Waals surface area contributed by atoms with Crippen LogP contribution < -0.4 is 15.4 Å². The molecule has 0 spiro atoms. The van der Waals surface area contributed by atoms with Gasteiger partial charge in [0.1, 0.15) is 24.7 Å². The third-order valence-electron chi connectivity index (χ3n) is 5.21. The lowest BCUT2D eigenvalue weighted by Crippen LogP contribution is -2.38. The Labute approximate surface area is 216 Å². The molecule has 2 N–H and O–H groups in total. The van der Waals surface area contributed by atoms with E-state index in [9.17, 15) is 18.8 Å². The fourth-order valence-corrected chi connectivity index (χ4v) is 4.15. The van der Waals surface area contributed by atoms with Crippen LogP contribution in [0.3, 0.4) is 0 Å². The minimum absolute atomic E-state index is 0.0562. The third-order valence-corrected chi connectivity index (χ3v) is 5.77. The molecule has 1 aliphatic rings. The van der Waals surface area contributed by atoms with Gasteiger partial charge in [-0.05, 0) is 48.4 Å². The van der Waals surface area contributed by atoms with Crippen LogP contribution in [0.2, 0.25) is 10.0 Å². The van der Waals surface area contributed by atoms with Crippen LogP contribution >= 0.6 is 23.2 Å². The smallest absolute Gasteiger partial charge is 0.329 e. The number of halogens is 3. The standard InChI is InChI=1S/C26H20Cl2FN3O4/c1-15-5-4-6-16(9-15)14-36-24-18(27)10-17(11-19(24)28)12-22-25(34)32(26(35)31-22)13-23(33)30-21-8-3-2-7-20(21)29/h2-12H,13-14H2,1H3,(H,30,33)(H,31,35)/b22-12+. The number of nitrogens with one attached hydrogen (secondary N) is 2. The second-order valence-electron chi connectivity index (χ2n) is 8.00. The van der Waals surface area contributed by atoms with Crippen molar-refractivity contribution in [2.24, 2.45) is 0 Å². The molecular weight excluding hydrogens is 508 g/mol. The van der Waals surface area contributed by atoms with E-state index in [4.69, 9.17) is 27.9 Å². The maximum Gasteiger partial charge on any atom is 0.329 e. The number of urea groups is 1. The molecule has 0 unspecified atom stereocenters. The summed E-state index contributed by atoms with van der Waals surface area (Å²) >= 11 is 12.7. The number of imide groups is 1. The molecule has 0 atom stereocenters. The summed E-state index contributed by atoms with van der Waals surface area (Å²) in [4.78, 5) is 38.0. The molecule has 0 saturated carbocycles. The van der Waals surface area contributed by atoms with E-state index in [1.165, 1.54) is 24.3 Å². The number of rotatable bonds is 7. The molecule has 10 heteroatoms. The SMILES string of the molecule is Cc1cccc(COc2c(Cl)cc(/C=C3/NC(=O)N(CC(=O)Nc4ccccc4F)C3=O)cc2Cl)c1. The summed E-state index contributed by atoms with van der Waals surface area (Å²) in [6.07, 6.45) is 1.39. The molecule has 3 aromatic carbocycles. The molecule has 1 heterocycles. The van der Waals surface area contributed by atoms with Crippen molar-refractivity contribution in [1.82, 2.24) is 10.2 Å². The minimum atomic E-state index is -0.787. The van der Waals surface area contributed by atoms with Crippen molar-refractivity contribution in [3.63, 3.8) is 0 Å². The van der Waals surface area contributed by atoms with Gasteiger partial charge in [-0.25, -0.2) is 14.1 Å². The van der Waals surface area contributed by atoms with Gasteiger partial charge in [0.15, 0.2) is 5.75 Å². The quantitative estimate of drug-likeness (QED) is 0.311. The van der Waals surface area contributed by atoms with Crippen LogP contribution in [0, 0.1) is 12.7 Å². The monoisotopic (exact) mass is 527 g/mol. The molecular formula is C26H20Cl2FN3O4. The number of carbonyl (C=O) groups is 3. The highest BCUT2D eigenvalue weighted by molar-refractivity contribution is 6.37. The Balaban J connectivity index is 1.44. The zero-order valence-electron chi connectivity index (χ0n) is 19.0. The van der Waals surface area contributed by atoms with Crippen molar-refractivity contribution in [3.05, 3.63) is 98.9 Å². The van der Waals surface area contributed by atoms with Gasteiger partial charge in [0.05, 0.1) is 15.7 Å². The van der Waals surface area contributed by atoms with Crippen molar-refractivity contribution in [2.75, 3.05) is 11.9 Å². The highest BCUT2D eigenvalue weighted by atomic mass is 35.5. The van der Waals surface area contributed by atoms with Gasteiger partial charge >= 0.3 is 6.03 Å². The number of amides is 4. The third kappa shape index (κ3) is 5.84. The molecule has 4 rings (SSSR count). The zero-order chi connectivity index (χ0) is 25.8. The van der Waals surface area contributed by atoms with E-state index in [2.05, 4.69) is 10.6 Å². The average Bonchev–Trinajstić information content (AvgIpc) is 3.07. The number of hydrogen-bond acceptors (Lipinski definition) is 4. The molecule has 36 heavy (non-hydrogen) atoms. The van der Waals surface area contributed by atoms with Crippen LogP contribution in [-0.4, -0.2) is 29.3 Å². The fourth-order valence-electron chi connectivity index (χ4n) is 3.54. The Hall–Kier alpha value is -3.88. The van der Waals surface area contributed by atoms with Gasteiger partial charge in [-0.3, -0.25) is 9.59 Å². The molecule has 3 aromatic rings. The first-order chi connectivity index (χ1) is 17.2. The molecule has 1 aliphatic heterocycles. The molecule has 0 aromatic heterocycles. The first-order valence-corrected chi connectivity index (χ1v) is 11.5. The first kappa shape index (κ1) is 25.2. The Morgan fingerprint density at radius 3 is 2.50 bits per heavy atom. The van der Waals surface area contributed by atoms with E-state index >= 15 is 0 Å². The van der Waals surface area contributed by atoms with Gasteiger partial charge < -0.3 is 15.4 Å². The fraction of sp³-hybridized carbons (Fsp3) is 0.115. The van der Waals surface area contributed by atoms with E-state index < -0.39 is 30.2 Å². The van der Waals surface area contributed by atoms with E-state index in [-0.39, 0.29) is 33.8 Å². The summed E-state index contributed by atoms with van der Waals surface area (Å²) in [6, 6.07) is 15.7. The van der Waals surface area contributed by atoms with Crippen LogP contribution in [0.5, 0.6) is 5.75 Å². The van der Waals surface area contributed by atoms with Crippen LogP contribution in [0.1, 0.15) is 16.7 Å². The summed E-state index contributed by atoms with van der Waals surface area (Å²) in [5, 5.41) is 5.19. The minimum Gasteiger partial charge on any atom is -0.486 e. The summed E-state index contributed by atoms with van der Waals surface area (Å²) < 4.78 is 19.5. The predicted molar refractivity (Wildman–Crippen MR) is 135 cm³/mol. The van der Waals surface area contributed by atoms with Crippen molar-refractivity contribution in [2.45, 2.75) is 13.5 Å². The van der Waals surface area contributed by atoms with Crippen molar-refractivity contribution in [3.8, 4) is 5.75 Å². The Morgan fingerprint density at radius 1 is 1.08 bits per heavy atom. The van der Waals surface area contributed by atoms with Crippen LogP contribution in [-0.2, 0) is 16.2 Å². The number of ether oxygens (including phenoxy) is 1. The molecule has 1 fully saturated rings. The predicted octanol–water partition coefficient (Wildman–Crippen LogP) is 5.55. The van der Waals surface area contributed by atoms with E-state index in [0.29, 0.717) is 10.5 Å². The summed E-state index contributed by atoms with van der Waals surface area (Å²) in [5.41, 5.74) is 2.36. The Kier molecular flexibility index (Phi) is 7.57. The second kappa shape index (κ2) is 10.8. The van der Waals surface area contributed by atoms with Crippen LogP contribution in [0.15, 0.2) is 66.4 Å². The number of anilines is 1. The summed E-state index contributed by atoms with van der Waals surface area (Å²) in [6.45, 7) is 1.65. The second-order valence-corrected chi connectivity index (χ2v) is 8.81. The molecule has 0 aliphatic carbocycles. The average molecular weight is 528 g/mol. The van der Waals surface area contributed by atoms with E-state index in [0.717, 1.165) is 11.1 Å². The van der Waals surface area contributed by atoms with Gasteiger partial charge in [-0.2, -0.15) is 0 Å². The lowest BCUT2D eigenvalue weighted by molar-refractivity contribution is -0.127. The zero-order valence-corrected chi connectivity index (χ0v) is 20.5. The summed E-state index contributed by atoms with van der Waals surface area (Å²) in [5.74, 6) is -1.80. The normalized spacial score (nSPS) is 14.2. The number of aryl methyl sites for hydroxylation is 1. The van der Waals surface area contributed by atoms with Gasteiger partial charge in [0.25, 0.3) is 5.91 Å². The van der Waals surface area contributed by atoms with Crippen molar-refractivity contribution < 1.29 is 23.5 Å². The maximum absolute atomic E-state index is 13.8. The van der Waals surface area contributed by atoms with Crippen molar-refractivity contribution in [1.29, 1.82) is 0 Å². The van der Waals surface area contributed by atoms with Gasteiger partial charge in [-0.15, -0.1) is 0 Å². The lowest BCUT2D eigenvalue weighted by Gasteiger charge is -2.12. The number of para-hydroxylation sites is 1. The first-order valence-electron chi connectivity index (χ1n) is 10.8. The Morgan fingerprint density at radius 2 is 1.81 bits per heavy atom. The Bertz CT molecular complexity index is 1370. The van der Waals surface area contributed by atoms with Gasteiger partial charge in [-0.1, -0.05) is 65.2 Å². The van der Waals surface area contributed by atoms with Gasteiger partial charge in [0.2, 0.25) is 5.91 Å². The number of hydrogen-bond donors (Lipinski definition) is 2. The molecule has 184 valence electrons. The molecule has 0 bridgehead atoms. The number of nitrogens with zero attached hydrogens (tertiary/aromatic N) is 1. The largest absolute Gasteiger partial charge is 0.486 e. The van der Waals surface area contributed by atoms with Crippen molar-refractivity contribution >= 4 is 52.8 Å². The van der Waals surface area contributed by atoms with E-state index in [1.807, 2.05) is 31.2 Å². The lowest BCUT2D eigenvalue weighted by atomic mass is 10.1. The molecule has 7 nitrogen and oxygen atoms in total. The summed E-state index contributed by atoms with van der Waals surface area (Å²) in [7, 11) is 0. The molecule has 4 amide bonds. The molecule has 1 saturated heterocycles. The highest BCUT2D eigenvalue weighted by Gasteiger charge is 2.35. The number of carbonyl (C=O) groups excluding carboxylic acids is 3. The molecule has 0 radical (unpaired) electrons.